The Morgan fingerprint density at radius 3 is 1.73 bits per heavy atom. The molecule has 0 aromatic carbocycles. The van der Waals surface area contributed by atoms with Crippen molar-refractivity contribution in [3.8, 4) is 0 Å². The molecule has 0 aliphatic heterocycles. The molecule has 0 N–H and O–H groups in total. The normalized spacial score (nSPS) is 8.53. The molecule has 0 amide bonds. The lowest BCUT2D eigenvalue weighted by Crippen LogP contribution is -2.01. The molecule has 0 bridgehead atoms. The van der Waals surface area contributed by atoms with E-state index in [1.807, 2.05) is 27.7 Å². The first-order chi connectivity index (χ1) is 7.16. The van der Waals surface area contributed by atoms with Gasteiger partial charge in [0, 0.05) is 12.2 Å². The number of aromatic nitrogens is 2. The second-order valence-electron chi connectivity index (χ2n) is 2.98. The van der Waals surface area contributed by atoms with Crippen LogP contribution in [0.2, 0.25) is 0 Å². The molecule has 2 heteroatoms. The van der Waals surface area contributed by atoms with Gasteiger partial charge in [0.25, 0.3) is 0 Å². The molecular formula is C13H28N2. The Labute approximate surface area is 95.7 Å². The summed E-state index contributed by atoms with van der Waals surface area (Å²) in [5, 5.41) is 0. The first kappa shape index (κ1) is 16.6. The molecule has 2 nitrogen and oxygen atoms in total. The van der Waals surface area contributed by atoms with Crippen molar-refractivity contribution < 1.29 is 0 Å². The van der Waals surface area contributed by atoms with Crippen molar-refractivity contribution in [2.75, 3.05) is 0 Å². The Hall–Kier alpha value is -0.790. The molecule has 1 aromatic heterocycles. The third kappa shape index (κ3) is 5.01. The fourth-order valence-electron chi connectivity index (χ4n) is 1.38. The minimum Gasteiger partial charge on any atom is -0.332 e. The van der Waals surface area contributed by atoms with Gasteiger partial charge in [0.1, 0.15) is 5.82 Å². The highest BCUT2D eigenvalue weighted by Gasteiger charge is 2.04. The monoisotopic (exact) mass is 212 g/mol. The molecule has 0 atom stereocenters. The van der Waals surface area contributed by atoms with Gasteiger partial charge in [0.15, 0.2) is 0 Å². The van der Waals surface area contributed by atoms with Gasteiger partial charge in [0.05, 0.1) is 5.69 Å². The SMILES string of the molecule is CC.CC.CCCn1c(C)nc(C)c1C. The lowest BCUT2D eigenvalue weighted by atomic mass is 10.3. The minimum absolute atomic E-state index is 1.10. The van der Waals surface area contributed by atoms with Gasteiger partial charge in [-0.3, -0.25) is 0 Å². The molecule has 1 rings (SSSR count). The smallest absolute Gasteiger partial charge is 0.106 e. The highest BCUT2D eigenvalue weighted by atomic mass is 15.1. The van der Waals surface area contributed by atoms with Crippen molar-refractivity contribution in [2.45, 2.75) is 68.4 Å². The summed E-state index contributed by atoms with van der Waals surface area (Å²) >= 11 is 0. The highest BCUT2D eigenvalue weighted by Crippen LogP contribution is 2.09. The number of hydrogen-bond acceptors (Lipinski definition) is 1. The summed E-state index contributed by atoms with van der Waals surface area (Å²) in [5.41, 5.74) is 2.47. The number of imidazole rings is 1. The number of aryl methyl sites for hydroxylation is 2. The summed E-state index contributed by atoms with van der Waals surface area (Å²) in [6.07, 6.45) is 1.18. The third-order valence-electron chi connectivity index (χ3n) is 2.10. The zero-order valence-corrected chi connectivity index (χ0v) is 11.8. The van der Waals surface area contributed by atoms with Gasteiger partial charge in [0.2, 0.25) is 0 Å². The second kappa shape index (κ2) is 9.75. The molecule has 0 aliphatic carbocycles. The van der Waals surface area contributed by atoms with Gasteiger partial charge in [-0.2, -0.15) is 0 Å². The molecule has 0 saturated heterocycles. The predicted octanol–water partition coefficient (Wildman–Crippen LogP) is 4.27. The highest BCUT2D eigenvalue weighted by molar-refractivity contribution is 5.13. The van der Waals surface area contributed by atoms with E-state index >= 15 is 0 Å². The van der Waals surface area contributed by atoms with Gasteiger partial charge in [-0.25, -0.2) is 4.98 Å². The topological polar surface area (TPSA) is 17.8 Å². The molecule has 0 radical (unpaired) electrons. The first-order valence-electron chi connectivity index (χ1n) is 6.17. The molecule has 1 heterocycles. The molecule has 0 spiro atoms. The zero-order chi connectivity index (χ0) is 12.4. The van der Waals surface area contributed by atoms with E-state index in [-0.39, 0.29) is 0 Å². The van der Waals surface area contributed by atoms with Crippen molar-refractivity contribution in [1.29, 1.82) is 0 Å². The second-order valence-corrected chi connectivity index (χ2v) is 2.98. The van der Waals surface area contributed by atoms with E-state index in [1.165, 1.54) is 12.1 Å². The average molecular weight is 212 g/mol. The maximum atomic E-state index is 4.39. The third-order valence-corrected chi connectivity index (χ3v) is 2.10. The largest absolute Gasteiger partial charge is 0.332 e. The van der Waals surface area contributed by atoms with Gasteiger partial charge in [-0.15, -0.1) is 0 Å². The van der Waals surface area contributed by atoms with Crippen LogP contribution in [-0.4, -0.2) is 9.55 Å². The van der Waals surface area contributed by atoms with Crippen LogP contribution >= 0.6 is 0 Å². The molecule has 15 heavy (non-hydrogen) atoms. The van der Waals surface area contributed by atoms with Crippen LogP contribution in [0, 0.1) is 20.8 Å². The summed E-state index contributed by atoms with van der Waals surface area (Å²) in [5.74, 6) is 1.14. The van der Waals surface area contributed by atoms with Crippen LogP contribution < -0.4 is 0 Å². The van der Waals surface area contributed by atoms with Crippen molar-refractivity contribution in [3.63, 3.8) is 0 Å². The van der Waals surface area contributed by atoms with Crippen LogP contribution in [0.15, 0.2) is 0 Å². The van der Waals surface area contributed by atoms with Crippen molar-refractivity contribution in [2.24, 2.45) is 0 Å². The standard InChI is InChI=1S/C9H16N2.2C2H6/c1-5-6-11-8(3)7(2)10-9(11)4;2*1-2/h5-6H2,1-4H3;2*1-2H3. The molecule has 0 saturated carbocycles. The Morgan fingerprint density at radius 1 is 1.00 bits per heavy atom. The van der Waals surface area contributed by atoms with Crippen LogP contribution in [0.3, 0.4) is 0 Å². The number of nitrogens with zero attached hydrogens (tertiary/aromatic N) is 2. The lowest BCUT2D eigenvalue weighted by molar-refractivity contribution is 0.642. The van der Waals surface area contributed by atoms with E-state index < -0.39 is 0 Å². The Balaban J connectivity index is 0. The van der Waals surface area contributed by atoms with Crippen molar-refractivity contribution in [3.05, 3.63) is 17.2 Å². The summed E-state index contributed by atoms with van der Waals surface area (Å²) in [7, 11) is 0. The minimum atomic E-state index is 1.10. The maximum absolute atomic E-state index is 4.39. The van der Waals surface area contributed by atoms with Crippen molar-refractivity contribution in [1.82, 2.24) is 9.55 Å². The lowest BCUT2D eigenvalue weighted by Gasteiger charge is -2.04. The number of rotatable bonds is 2. The van der Waals surface area contributed by atoms with Crippen molar-refractivity contribution >= 4 is 0 Å². The van der Waals surface area contributed by atoms with Gasteiger partial charge < -0.3 is 4.57 Å². The van der Waals surface area contributed by atoms with E-state index in [1.54, 1.807) is 0 Å². The van der Waals surface area contributed by atoms with E-state index in [0.717, 1.165) is 18.1 Å². The molecule has 0 aliphatic rings. The number of hydrogen-bond donors (Lipinski definition) is 0. The fraction of sp³-hybridized carbons (Fsp3) is 0.769. The fourth-order valence-corrected chi connectivity index (χ4v) is 1.38. The van der Waals surface area contributed by atoms with Gasteiger partial charge in [-0.05, 0) is 27.2 Å². The molecule has 90 valence electrons. The summed E-state index contributed by atoms with van der Waals surface area (Å²) < 4.78 is 2.27. The van der Waals surface area contributed by atoms with E-state index in [0.29, 0.717) is 0 Å². The van der Waals surface area contributed by atoms with E-state index in [4.69, 9.17) is 0 Å². The van der Waals surface area contributed by atoms with Crippen LogP contribution in [0.1, 0.15) is 58.3 Å². The summed E-state index contributed by atoms with van der Waals surface area (Å²) in [6.45, 7) is 17.5. The predicted molar refractivity (Wildman–Crippen MR) is 69.4 cm³/mol. The zero-order valence-electron chi connectivity index (χ0n) is 11.8. The maximum Gasteiger partial charge on any atom is 0.106 e. The molecular weight excluding hydrogens is 184 g/mol. The first-order valence-corrected chi connectivity index (χ1v) is 6.17. The van der Waals surface area contributed by atoms with Crippen LogP contribution in [0.25, 0.3) is 0 Å². The van der Waals surface area contributed by atoms with E-state index in [9.17, 15) is 0 Å². The molecule has 0 unspecified atom stereocenters. The van der Waals surface area contributed by atoms with Crippen LogP contribution in [0.5, 0.6) is 0 Å². The summed E-state index contributed by atoms with van der Waals surface area (Å²) in [4.78, 5) is 4.39. The molecule has 1 aromatic rings. The van der Waals surface area contributed by atoms with Gasteiger partial charge >= 0.3 is 0 Å². The van der Waals surface area contributed by atoms with Crippen LogP contribution in [-0.2, 0) is 6.54 Å². The average Bonchev–Trinajstić information content (AvgIpc) is 2.51. The Bertz CT molecular complexity index is 249. The van der Waals surface area contributed by atoms with Gasteiger partial charge in [-0.1, -0.05) is 34.6 Å². The van der Waals surface area contributed by atoms with E-state index in [2.05, 4.69) is 37.2 Å². The van der Waals surface area contributed by atoms with Crippen LogP contribution in [0.4, 0.5) is 0 Å². The quantitative estimate of drug-likeness (QED) is 0.716. The molecule has 0 fully saturated rings. The summed E-state index contributed by atoms with van der Waals surface area (Å²) in [6, 6.07) is 0. The Kier molecular flexibility index (Phi) is 10.8. The Morgan fingerprint density at radius 2 is 1.47 bits per heavy atom.